The van der Waals surface area contributed by atoms with Gasteiger partial charge in [0.1, 0.15) is 6.04 Å². The van der Waals surface area contributed by atoms with E-state index in [0.29, 0.717) is 12.2 Å². The van der Waals surface area contributed by atoms with Crippen molar-refractivity contribution < 1.29 is 13.2 Å². The second-order valence-corrected chi connectivity index (χ2v) is 9.45. The highest BCUT2D eigenvalue weighted by Gasteiger charge is 2.28. The fourth-order valence-electron chi connectivity index (χ4n) is 3.76. The molecule has 2 aromatic rings. The zero-order valence-electron chi connectivity index (χ0n) is 17.0. The Balaban J connectivity index is 1.64. The van der Waals surface area contributed by atoms with E-state index >= 15 is 0 Å². The Hall–Kier alpha value is -2.38. The Morgan fingerprint density at radius 2 is 1.72 bits per heavy atom. The predicted molar refractivity (Wildman–Crippen MR) is 116 cm³/mol. The van der Waals surface area contributed by atoms with Crippen LogP contribution in [0.15, 0.2) is 54.6 Å². The smallest absolute Gasteiger partial charge is 0.243 e. The zero-order chi connectivity index (χ0) is 20.9. The summed E-state index contributed by atoms with van der Waals surface area (Å²) in [4.78, 5) is 15.2. The lowest BCUT2D eigenvalue weighted by Gasteiger charge is -2.28. The van der Waals surface area contributed by atoms with Crippen LogP contribution in [0, 0.1) is 0 Å². The van der Waals surface area contributed by atoms with Gasteiger partial charge in [-0.15, -0.1) is 0 Å². The third-order valence-corrected chi connectivity index (χ3v) is 6.40. The molecule has 1 saturated heterocycles. The Bertz CT molecular complexity index is 925. The van der Waals surface area contributed by atoms with Gasteiger partial charge in [-0.3, -0.25) is 14.0 Å². The van der Waals surface area contributed by atoms with Gasteiger partial charge in [-0.2, -0.15) is 0 Å². The summed E-state index contributed by atoms with van der Waals surface area (Å²) < 4.78 is 25.8. The first-order chi connectivity index (χ1) is 13.8. The molecule has 0 aromatic heterocycles. The number of benzene rings is 2. The van der Waals surface area contributed by atoms with Crippen LogP contribution in [-0.2, 0) is 27.9 Å². The van der Waals surface area contributed by atoms with Crippen molar-refractivity contribution in [2.45, 2.75) is 38.9 Å². The number of para-hydroxylation sites is 1. The number of anilines is 1. The monoisotopic (exact) mass is 415 g/mol. The Morgan fingerprint density at radius 1 is 1.07 bits per heavy atom. The van der Waals surface area contributed by atoms with E-state index in [0.717, 1.165) is 35.8 Å². The van der Waals surface area contributed by atoms with E-state index in [1.54, 1.807) is 31.2 Å². The number of sulfonamides is 1. The van der Waals surface area contributed by atoms with Crippen LogP contribution in [0.1, 0.15) is 30.9 Å². The number of amides is 1. The number of hydrogen-bond acceptors (Lipinski definition) is 4. The topological polar surface area (TPSA) is 69.7 Å². The van der Waals surface area contributed by atoms with Crippen LogP contribution in [0.4, 0.5) is 5.69 Å². The number of rotatable bonds is 8. The van der Waals surface area contributed by atoms with Crippen LogP contribution in [-0.4, -0.2) is 44.6 Å². The molecule has 0 radical (unpaired) electrons. The third-order valence-electron chi connectivity index (χ3n) is 5.16. The van der Waals surface area contributed by atoms with E-state index in [9.17, 15) is 13.2 Å². The van der Waals surface area contributed by atoms with Crippen LogP contribution in [0.3, 0.4) is 0 Å². The van der Waals surface area contributed by atoms with Gasteiger partial charge in [-0.1, -0.05) is 42.5 Å². The molecule has 156 valence electrons. The molecule has 2 aromatic carbocycles. The van der Waals surface area contributed by atoms with Gasteiger partial charge in [0.05, 0.1) is 11.9 Å². The molecular formula is C22H29N3O3S. The van der Waals surface area contributed by atoms with Gasteiger partial charge in [0.2, 0.25) is 15.9 Å². The van der Waals surface area contributed by atoms with Crippen LogP contribution in [0.2, 0.25) is 0 Å². The van der Waals surface area contributed by atoms with Crippen molar-refractivity contribution in [1.82, 2.24) is 10.2 Å². The number of carbonyl (C=O) groups is 1. The zero-order valence-corrected chi connectivity index (χ0v) is 17.9. The summed E-state index contributed by atoms with van der Waals surface area (Å²) in [5, 5.41) is 2.88. The minimum atomic E-state index is -3.60. The van der Waals surface area contributed by atoms with Crippen molar-refractivity contribution in [2.75, 3.05) is 23.7 Å². The molecule has 0 unspecified atom stereocenters. The average molecular weight is 416 g/mol. The maximum Gasteiger partial charge on any atom is 0.243 e. The maximum absolute atomic E-state index is 12.7. The highest BCUT2D eigenvalue weighted by molar-refractivity contribution is 7.92. The van der Waals surface area contributed by atoms with Gasteiger partial charge in [-0.05, 0) is 56.1 Å². The highest BCUT2D eigenvalue weighted by Crippen LogP contribution is 2.20. The van der Waals surface area contributed by atoms with Crippen LogP contribution >= 0.6 is 0 Å². The van der Waals surface area contributed by atoms with Crippen molar-refractivity contribution in [3.63, 3.8) is 0 Å². The molecule has 0 saturated carbocycles. The Morgan fingerprint density at radius 3 is 2.38 bits per heavy atom. The van der Waals surface area contributed by atoms with Gasteiger partial charge in [0.15, 0.2) is 0 Å². The minimum Gasteiger partial charge on any atom is -0.350 e. The summed E-state index contributed by atoms with van der Waals surface area (Å²) in [7, 11) is -3.60. The van der Waals surface area contributed by atoms with E-state index in [2.05, 4.69) is 22.3 Å². The molecular weight excluding hydrogens is 386 g/mol. The molecule has 1 aliphatic heterocycles. The van der Waals surface area contributed by atoms with E-state index in [4.69, 9.17) is 0 Å². The van der Waals surface area contributed by atoms with Crippen molar-refractivity contribution >= 4 is 21.6 Å². The summed E-state index contributed by atoms with van der Waals surface area (Å²) in [6, 6.07) is 16.0. The largest absolute Gasteiger partial charge is 0.350 e. The van der Waals surface area contributed by atoms with Gasteiger partial charge in [0.25, 0.3) is 0 Å². The first kappa shape index (κ1) is 21.3. The van der Waals surface area contributed by atoms with E-state index in [1.807, 2.05) is 18.2 Å². The van der Waals surface area contributed by atoms with E-state index in [1.165, 1.54) is 18.4 Å². The van der Waals surface area contributed by atoms with Gasteiger partial charge in [-0.25, -0.2) is 8.42 Å². The molecule has 1 aliphatic rings. The van der Waals surface area contributed by atoms with Crippen LogP contribution in [0.5, 0.6) is 0 Å². The summed E-state index contributed by atoms with van der Waals surface area (Å²) >= 11 is 0. The maximum atomic E-state index is 12.7. The first-order valence-electron chi connectivity index (χ1n) is 9.97. The van der Waals surface area contributed by atoms with Gasteiger partial charge in [0, 0.05) is 13.1 Å². The second-order valence-electron chi connectivity index (χ2n) is 7.59. The summed E-state index contributed by atoms with van der Waals surface area (Å²) in [5.74, 6) is -0.329. The lowest BCUT2D eigenvalue weighted by molar-refractivity contribution is -0.122. The molecule has 1 fully saturated rings. The predicted octanol–water partition coefficient (Wildman–Crippen LogP) is 2.75. The van der Waals surface area contributed by atoms with Crippen LogP contribution in [0.25, 0.3) is 0 Å². The summed E-state index contributed by atoms with van der Waals surface area (Å²) in [5.41, 5.74) is 2.71. The SMILES string of the molecule is C[C@H](C(=O)NCc1cccc(CN2CCCC2)c1)N(c1ccccc1)S(C)(=O)=O. The third kappa shape index (κ3) is 5.81. The van der Waals surface area contributed by atoms with Gasteiger partial charge < -0.3 is 5.32 Å². The number of carbonyl (C=O) groups excluding carboxylic acids is 1. The highest BCUT2D eigenvalue weighted by atomic mass is 32.2. The fraction of sp³-hybridized carbons (Fsp3) is 0.409. The number of likely N-dealkylation sites (tertiary alicyclic amines) is 1. The van der Waals surface area contributed by atoms with Crippen molar-refractivity contribution in [2.24, 2.45) is 0 Å². The molecule has 1 atom stereocenters. The Kier molecular flexibility index (Phi) is 6.92. The quantitative estimate of drug-likeness (QED) is 0.720. The average Bonchev–Trinajstić information content (AvgIpc) is 3.19. The summed E-state index contributed by atoms with van der Waals surface area (Å²) in [6.07, 6.45) is 3.63. The van der Waals surface area contributed by atoms with Gasteiger partial charge >= 0.3 is 0 Å². The van der Waals surface area contributed by atoms with Crippen molar-refractivity contribution in [3.05, 3.63) is 65.7 Å². The molecule has 6 nitrogen and oxygen atoms in total. The molecule has 0 spiro atoms. The first-order valence-corrected chi connectivity index (χ1v) is 11.8. The lowest BCUT2D eigenvalue weighted by atomic mass is 10.1. The lowest BCUT2D eigenvalue weighted by Crippen LogP contribution is -2.47. The Labute approximate surface area is 173 Å². The van der Waals surface area contributed by atoms with Crippen molar-refractivity contribution in [1.29, 1.82) is 0 Å². The number of hydrogen-bond donors (Lipinski definition) is 1. The molecule has 1 heterocycles. The number of nitrogens with zero attached hydrogens (tertiary/aromatic N) is 2. The van der Waals surface area contributed by atoms with Crippen molar-refractivity contribution in [3.8, 4) is 0 Å². The number of nitrogens with one attached hydrogen (secondary N) is 1. The summed E-state index contributed by atoms with van der Waals surface area (Å²) in [6.45, 7) is 5.17. The molecule has 1 N–H and O–H groups in total. The molecule has 0 bridgehead atoms. The van der Waals surface area contributed by atoms with Crippen LogP contribution < -0.4 is 9.62 Å². The molecule has 3 rings (SSSR count). The van der Waals surface area contributed by atoms with E-state index < -0.39 is 16.1 Å². The standard InChI is InChI=1S/C22H29N3O3S/c1-18(25(29(2,27)28)21-11-4-3-5-12-21)22(26)23-16-19-9-8-10-20(15-19)17-24-13-6-7-14-24/h3-5,8-12,15,18H,6-7,13-14,16-17H2,1-2H3,(H,23,26)/t18-/m1/s1. The molecule has 7 heteroatoms. The molecule has 0 aliphatic carbocycles. The second kappa shape index (κ2) is 9.41. The minimum absolute atomic E-state index is 0.329. The molecule has 29 heavy (non-hydrogen) atoms. The normalized spacial score (nSPS) is 15.8. The van der Waals surface area contributed by atoms with E-state index in [-0.39, 0.29) is 5.91 Å². The molecule has 1 amide bonds. The fourth-order valence-corrected chi connectivity index (χ4v) is 4.93.